The second-order valence-corrected chi connectivity index (χ2v) is 6.31. The van der Waals surface area contributed by atoms with E-state index in [9.17, 15) is 4.79 Å². The number of aryl methyl sites for hydroxylation is 1. The van der Waals surface area contributed by atoms with Crippen molar-refractivity contribution in [2.75, 3.05) is 11.9 Å². The Kier molecular flexibility index (Phi) is 5.23. The highest BCUT2D eigenvalue weighted by Crippen LogP contribution is 2.26. The molecular weight excluding hydrogens is 318 g/mol. The van der Waals surface area contributed by atoms with E-state index in [4.69, 9.17) is 0 Å². The molecule has 24 heavy (non-hydrogen) atoms. The molecular formula is C19H19N3OS. The summed E-state index contributed by atoms with van der Waals surface area (Å²) in [6.45, 7) is 2.64. The number of thiazole rings is 1. The number of nitrogens with one attached hydrogen (secondary N) is 2. The Bertz CT molecular complexity index is 814. The average molecular weight is 337 g/mol. The Morgan fingerprint density at radius 1 is 1.08 bits per heavy atom. The highest BCUT2D eigenvalue weighted by Gasteiger charge is 2.07. The Balaban J connectivity index is 1.51. The fourth-order valence-corrected chi connectivity index (χ4v) is 3.30. The monoisotopic (exact) mass is 337 g/mol. The zero-order valence-corrected chi connectivity index (χ0v) is 14.3. The Labute approximate surface area is 145 Å². The van der Waals surface area contributed by atoms with Crippen LogP contribution in [0.15, 0.2) is 60.0 Å². The number of anilines is 1. The summed E-state index contributed by atoms with van der Waals surface area (Å²) in [6, 6.07) is 17.4. The van der Waals surface area contributed by atoms with Crippen LogP contribution in [0.1, 0.15) is 11.3 Å². The highest BCUT2D eigenvalue weighted by molar-refractivity contribution is 7.13. The molecule has 1 aromatic heterocycles. The zero-order valence-electron chi connectivity index (χ0n) is 13.5. The number of nitrogens with zero attached hydrogens (tertiary/aromatic N) is 1. The van der Waals surface area contributed by atoms with Crippen molar-refractivity contribution in [2.45, 2.75) is 13.3 Å². The second kappa shape index (κ2) is 7.75. The van der Waals surface area contributed by atoms with Gasteiger partial charge in [0.1, 0.15) is 5.01 Å². The maximum atomic E-state index is 11.8. The molecule has 0 aliphatic carbocycles. The van der Waals surface area contributed by atoms with Crippen LogP contribution in [0, 0.1) is 6.92 Å². The molecule has 2 N–H and O–H groups in total. The van der Waals surface area contributed by atoms with Gasteiger partial charge in [0.15, 0.2) is 0 Å². The topological polar surface area (TPSA) is 54.0 Å². The normalized spacial score (nSPS) is 10.4. The number of carbonyl (C=O) groups is 1. The number of urea groups is 1. The van der Waals surface area contributed by atoms with Crippen molar-refractivity contribution < 1.29 is 4.79 Å². The van der Waals surface area contributed by atoms with Gasteiger partial charge in [0, 0.05) is 29.6 Å². The van der Waals surface area contributed by atoms with E-state index in [0.717, 1.165) is 16.4 Å². The Morgan fingerprint density at radius 3 is 2.62 bits per heavy atom. The molecule has 4 nitrogen and oxygen atoms in total. The fraction of sp³-hybridized carbons (Fsp3) is 0.158. The van der Waals surface area contributed by atoms with Gasteiger partial charge in [-0.1, -0.05) is 42.5 Å². The van der Waals surface area contributed by atoms with Gasteiger partial charge in [-0.25, -0.2) is 9.78 Å². The first-order valence-electron chi connectivity index (χ1n) is 7.82. The molecule has 2 aromatic carbocycles. The van der Waals surface area contributed by atoms with Gasteiger partial charge in [-0.15, -0.1) is 11.3 Å². The van der Waals surface area contributed by atoms with Crippen LogP contribution in [0.3, 0.4) is 0 Å². The maximum Gasteiger partial charge on any atom is 0.319 e. The lowest BCUT2D eigenvalue weighted by atomic mass is 10.1. The number of rotatable bonds is 5. The summed E-state index contributed by atoms with van der Waals surface area (Å²) < 4.78 is 0. The third kappa shape index (κ3) is 4.20. The van der Waals surface area contributed by atoms with E-state index in [2.05, 4.69) is 40.1 Å². The molecule has 0 bridgehead atoms. The van der Waals surface area contributed by atoms with Gasteiger partial charge in [-0.3, -0.25) is 0 Å². The minimum absolute atomic E-state index is 0.199. The van der Waals surface area contributed by atoms with Gasteiger partial charge >= 0.3 is 6.03 Å². The predicted octanol–water partition coefficient (Wildman–Crippen LogP) is 4.48. The van der Waals surface area contributed by atoms with Crippen LogP contribution in [0.2, 0.25) is 0 Å². The molecule has 3 aromatic rings. The van der Waals surface area contributed by atoms with Gasteiger partial charge in [0.25, 0.3) is 0 Å². The van der Waals surface area contributed by atoms with E-state index in [1.165, 1.54) is 11.1 Å². The summed E-state index contributed by atoms with van der Waals surface area (Å²) in [5.41, 5.74) is 4.17. The van der Waals surface area contributed by atoms with Crippen LogP contribution in [-0.4, -0.2) is 17.6 Å². The van der Waals surface area contributed by atoms with E-state index in [-0.39, 0.29) is 6.03 Å². The summed E-state index contributed by atoms with van der Waals surface area (Å²) in [5, 5.41) is 8.73. The molecule has 3 rings (SSSR count). The smallest absolute Gasteiger partial charge is 0.319 e. The Morgan fingerprint density at radius 2 is 1.83 bits per heavy atom. The first-order chi connectivity index (χ1) is 11.7. The molecule has 0 saturated carbocycles. The lowest BCUT2D eigenvalue weighted by molar-refractivity contribution is 0.252. The van der Waals surface area contributed by atoms with Gasteiger partial charge < -0.3 is 10.6 Å². The lowest BCUT2D eigenvalue weighted by Crippen LogP contribution is -2.30. The van der Waals surface area contributed by atoms with E-state index >= 15 is 0 Å². The standard InChI is InChI=1S/C19H19N3OS/c1-14-7-5-6-10-17(14)18-21-16(13-24-18)11-12-20-19(23)22-15-8-3-2-4-9-15/h2-10,13H,11-12H2,1H3,(H2,20,22,23). The minimum Gasteiger partial charge on any atom is -0.337 e. The van der Waals surface area contributed by atoms with E-state index < -0.39 is 0 Å². The minimum atomic E-state index is -0.199. The molecule has 0 saturated heterocycles. The molecule has 0 fully saturated rings. The van der Waals surface area contributed by atoms with Crippen LogP contribution >= 0.6 is 11.3 Å². The third-order valence-electron chi connectivity index (χ3n) is 3.63. The van der Waals surface area contributed by atoms with E-state index in [1.54, 1.807) is 11.3 Å². The lowest BCUT2D eigenvalue weighted by Gasteiger charge is -2.06. The summed E-state index contributed by atoms with van der Waals surface area (Å²) in [5.74, 6) is 0. The number of para-hydroxylation sites is 1. The third-order valence-corrected chi connectivity index (χ3v) is 4.55. The quantitative estimate of drug-likeness (QED) is 0.721. The molecule has 0 atom stereocenters. The van der Waals surface area contributed by atoms with E-state index in [0.29, 0.717) is 13.0 Å². The highest BCUT2D eigenvalue weighted by atomic mass is 32.1. The molecule has 5 heteroatoms. The first kappa shape index (κ1) is 16.2. The zero-order chi connectivity index (χ0) is 16.8. The number of benzene rings is 2. The Hall–Kier alpha value is -2.66. The van der Waals surface area contributed by atoms with Crippen molar-refractivity contribution in [1.82, 2.24) is 10.3 Å². The van der Waals surface area contributed by atoms with Crippen LogP contribution < -0.4 is 10.6 Å². The first-order valence-corrected chi connectivity index (χ1v) is 8.70. The largest absolute Gasteiger partial charge is 0.337 e. The number of aromatic nitrogens is 1. The van der Waals surface area contributed by atoms with Crippen molar-refractivity contribution in [3.05, 3.63) is 71.2 Å². The predicted molar refractivity (Wildman–Crippen MR) is 99.5 cm³/mol. The molecule has 0 spiro atoms. The average Bonchev–Trinajstić information content (AvgIpc) is 3.05. The van der Waals surface area contributed by atoms with Crippen molar-refractivity contribution in [3.63, 3.8) is 0 Å². The molecule has 2 amide bonds. The molecule has 0 radical (unpaired) electrons. The SMILES string of the molecule is Cc1ccccc1-c1nc(CCNC(=O)Nc2ccccc2)cs1. The van der Waals surface area contributed by atoms with E-state index in [1.807, 2.05) is 42.5 Å². The molecule has 122 valence electrons. The van der Waals surface area contributed by atoms with Crippen molar-refractivity contribution in [2.24, 2.45) is 0 Å². The summed E-state index contributed by atoms with van der Waals surface area (Å²) >= 11 is 1.64. The fourth-order valence-electron chi connectivity index (χ4n) is 2.36. The molecule has 0 aliphatic rings. The van der Waals surface area contributed by atoms with Gasteiger partial charge in [-0.2, -0.15) is 0 Å². The molecule has 1 heterocycles. The summed E-state index contributed by atoms with van der Waals surface area (Å²) in [4.78, 5) is 16.5. The summed E-state index contributed by atoms with van der Waals surface area (Å²) in [7, 11) is 0. The van der Waals surface area contributed by atoms with Crippen molar-refractivity contribution in [1.29, 1.82) is 0 Å². The van der Waals surface area contributed by atoms with Gasteiger partial charge in [0.05, 0.1) is 5.69 Å². The van der Waals surface area contributed by atoms with Gasteiger partial charge in [-0.05, 0) is 24.6 Å². The number of hydrogen-bond acceptors (Lipinski definition) is 3. The van der Waals surface area contributed by atoms with Crippen LogP contribution in [0.5, 0.6) is 0 Å². The van der Waals surface area contributed by atoms with Crippen molar-refractivity contribution in [3.8, 4) is 10.6 Å². The van der Waals surface area contributed by atoms with Gasteiger partial charge in [0.2, 0.25) is 0 Å². The maximum absolute atomic E-state index is 11.8. The molecule has 0 aliphatic heterocycles. The van der Waals surface area contributed by atoms with Crippen LogP contribution in [0.4, 0.5) is 10.5 Å². The number of amides is 2. The van der Waals surface area contributed by atoms with Crippen molar-refractivity contribution >= 4 is 23.1 Å². The summed E-state index contributed by atoms with van der Waals surface area (Å²) in [6.07, 6.45) is 0.713. The number of carbonyl (C=O) groups excluding carboxylic acids is 1. The van der Waals surface area contributed by atoms with Crippen LogP contribution in [-0.2, 0) is 6.42 Å². The molecule has 0 unspecified atom stereocenters. The number of hydrogen-bond donors (Lipinski definition) is 2. The second-order valence-electron chi connectivity index (χ2n) is 5.46. The van der Waals surface area contributed by atoms with Crippen LogP contribution in [0.25, 0.3) is 10.6 Å².